The molecule has 0 saturated carbocycles. The Labute approximate surface area is 147 Å². The Bertz CT molecular complexity index is 783. The van der Waals surface area contributed by atoms with E-state index in [1.165, 1.54) is 19.1 Å². The largest absolute Gasteiger partial charge is 0.480 e. The lowest BCUT2D eigenvalue weighted by Gasteiger charge is -2.25. The summed E-state index contributed by atoms with van der Waals surface area (Å²) in [6, 6.07) is 3.21. The fraction of sp³-hybridized carbons (Fsp3) is 0.471. The predicted molar refractivity (Wildman–Crippen MR) is 83.2 cm³/mol. The molecule has 6 nitrogen and oxygen atoms in total. The third-order valence-corrected chi connectivity index (χ3v) is 4.29. The average Bonchev–Trinajstić information content (AvgIpc) is 2.76. The number of ether oxygens (including phenoxy) is 1. The number of carboxylic acids is 1. The third kappa shape index (κ3) is 3.59. The van der Waals surface area contributed by atoms with Crippen molar-refractivity contribution in [1.29, 1.82) is 5.26 Å². The highest BCUT2D eigenvalue weighted by atomic mass is 19.4. The summed E-state index contributed by atoms with van der Waals surface area (Å²) >= 11 is 0. The Morgan fingerprint density at radius 2 is 2.08 bits per heavy atom. The Balaban J connectivity index is 2.34. The molecule has 0 aromatic heterocycles. The molecule has 9 heteroatoms. The van der Waals surface area contributed by atoms with E-state index in [2.05, 4.69) is 0 Å². The number of hydrogen-bond acceptors (Lipinski definition) is 4. The quantitative estimate of drug-likeness (QED) is 0.880. The number of likely N-dealkylation sites (tertiary alicyclic amines) is 1. The first-order valence-electron chi connectivity index (χ1n) is 7.70. The molecule has 1 aromatic carbocycles. The lowest BCUT2D eigenvalue weighted by Crippen LogP contribution is -2.42. The SMILES string of the molecule is CC(C(=O)O)N1CC(C)(C)C(Oc2ccc(C#N)c(C(F)(F)F)c2)C1=O. The molecule has 1 aromatic rings. The number of benzene rings is 1. The molecule has 0 bridgehead atoms. The monoisotopic (exact) mass is 370 g/mol. The van der Waals surface area contributed by atoms with E-state index in [0.717, 1.165) is 11.0 Å². The van der Waals surface area contributed by atoms with Crippen LogP contribution < -0.4 is 4.74 Å². The highest BCUT2D eigenvalue weighted by Crippen LogP contribution is 2.38. The summed E-state index contributed by atoms with van der Waals surface area (Å²) in [6.07, 6.45) is -5.89. The minimum atomic E-state index is -4.75. The van der Waals surface area contributed by atoms with Crippen LogP contribution >= 0.6 is 0 Å². The van der Waals surface area contributed by atoms with Crippen LogP contribution in [0.25, 0.3) is 0 Å². The lowest BCUT2D eigenvalue weighted by atomic mass is 9.89. The van der Waals surface area contributed by atoms with E-state index < -0.39 is 46.7 Å². The molecule has 1 N–H and O–H groups in total. The molecule has 1 amide bonds. The molecule has 1 heterocycles. The molecule has 1 fully saturated rings. The van der Waals surface area contributed by atoms with Crippen LogP contribution in [-0.4, -0.2) is 40.6 Å². The number of nitriles is 1. The van der Waals surface area contributed by atoms with Gasteiger partial charge in [0.05, 0.1) is 17.2 Å². The van der Waals surface area contributed by atoms with Crippen LogP contribution in [0.4, 0.5) is 13.2 Å². The summed E-state index contributed by atoms with van der Waals surface area (Å²) in [5.41, 5.74) is -2.52. The van der Waals surface area contributed by atoms with E-state index in [-0.39, 0.29) is 12.3 Å². The third-order valence-electron chi connectivity index (χ3n) is 4.29. The fourth-order valence-corrected chi connectivity index (χ4v) is 2.82. The second-order valence-electron chi connectivity index (χ2n) is 6.78. The summed E-state index contributed by atoms with van der Waals surface area (Å²) < 4.78 is 44.7. The van der Waals surface area contributed by atoms with Crippen molar-refractivity contribution in [2.45, 2.75) is 39.1 Å². The van der Waals surface area contributed by atoms with Gasteiger partial charge in [0.1, 0.15) is 11.8 Å². The maximum Gasteiger partial charge on any atom is 0.417 e. The number of alkyl halides is 3. The molecule has 1 saturated heterocycles. The van der Waals surface area contributed by atoms with Gasteiger partial charge in [-0.25, -0.2) is 4.79 Å². The smallest absolute Gasteiger partial charge is 0.417 e. The molecular weight excluding hydrogens is 353 g/mol. The van der Waals surface area contributed by atoms with Crippen molar-refractivity contribution in [2.75, 3.05) is 6.54 Å². The van der Waals surface area contributed by atoms with Gasteiger partial charge in [0, 0.05) is 12.0 Å². The minimum absolute atomic E-state index is 0.0897. The van der Waals surface area contributed by atoms with Gasteiger partial charge in [-0.15, -0.1) is 0 Å². The molecule has 2 rings (SSSR count). The van der Waals surface area contributed by atoms with Gasteiger partial charge < -0.3 is 14.7 Å². The topological polar surface area (TPSA) is 90.6 Å². The first-order valence-corrected chi connectivity index (χ1v) is 7.70. The number of amides is 1. The van der Waals surface area contributed by atoms with Crippen molar-refractivity contribution in [3.05, 3.63) is 29.3 Å². The highest BCUT2D eigenvalue weighted by molar-refractivity contribution is 5.89. The van der Waals surface area contributed by atoms with Gasteiger partial charge in [0.25, 0.3) is 5.91 Å². The number of carboxylic acid groups (broad SMARTS) is 1. The molecule has 1 aliphatic heterocycles. The van der Waals surface area contributed by atoms with E-state index >= 15 is 0 Å². The van der Waals surface area contributed by atoms with Crippen molar-refractivity contribution in [2.24, 2.45) is 5.41 Å². The number of carbonyl (C=O) groups is 2. The maximum atomic E-state index is 13.1. The number of aliphatic carboxylic acids is 1. The van der Waals surface area contributed by atoms with Gasteiger partial charge in [-0.05, 0) is 25.1 Å². The highest BCUT2D eigenvalue weighted by Gasteiger charge is 2.50. The summed E-state index contributed by atoms with van der Waals surface area (Å²) in [5.74, 6) is -2.01. The summed E-state index contributed by atoms with van der Waals surface area (Å²) in [4.78, 5) is 24.8. The number of carbonyl (C=O) groups excluding carboxylic acids is 1. The molecule has 0 radical (unpaired) electrons. The predicted octanol–water partition coefficient (Wildman–Crippen LogP) is 2.67. The summed E-state index contributed by atoms with van der Waals surface area (Å²) in [6.45, 7) is 4.77. The summed E-state index contributed by atoms with van der Waals surface area (Å²) in [5, 5.41) is 17.9. The van der Waals surface area contributed by atoms with Gasteiger partial charge >= 0.3 is 12.1 Å². The first-order chi connectivity index (χ1) is 11.9. The molecular formula is C17H17F3N2O4. The van der Waals surface area contributed by atoms with Crippen molar-refractivity contribution in [3.8, 4) is 11.8 Å². The Hall–Kier alpha value is -2.76. The van der Waals surface area contributed by atoms with Gasteiger partial charge in [0.2, 0.25) is 0 Å². The van der Waals surface area contributed by atoms with Crippen LogP contribution in [0.2, 0.25) is 0 Å². The number of nitrogens with zero attached hydrogens (tertiary/aromatic N) is 2. The Morgan fingerprint density at radius 1 is 1.46 bits per heavy atom. The van der Waals surface area contributed by atoms with E-state index in [4.69, 9.17) is 15.1 Å². The molecule has 2 atom stereocenters. The van der Waals surface area contributed by atoms with E-state index in [9.17, 15) is 22.8 Å². The van der Waals surface area contributed by atoms with Crippen LogP contribution in [0.5, 0.6) is 5.75 Å². The Kier molecular flexibility index (Phi) is 4.90. The van der Waals surface area contributed by atoms with Crippen molar-refractivity contribution >= 4 is 11.9 Å². The van der Waals surface area contributed by atoms with Crippen molar-refractivity contribution in [3.63, 3.8) is 0 Å². The van der Waals surface area contributed by atoms with Crippen LogP contribution in [0.15, 0.2) is 18.2 Å². The summed E-state index contributed by atoms with van der Waals surface area (Å²) in [7, 11) is 0. The van der Waals surface area contributed by atoms with Crippen molar-refractivity contribution in [1.82, 2.24) is 4.90 Å². The Morgan fingerprint density at radius 3 is 2.58 bits per heavy atom. The van der Waals surface area contributed by atoms with Gasteiger partial charge in [-0.1, -0.05) is 13.8 Å². The number of hydrogen-bond donors (Lipinski definition) is 1. The molecule has 0 aliphatic carbocycles. The fourth-order valence-electron chi connectivity index (χ4n) is 2.82. The van der Waals surface area contributed by atoms with Crippen LogP contribution in [-0.2, 0) is 15.8 Å². The van der Waals surface area contributed by atoms with Crippen molar-refractivity contribution < 1.29 is 32.6 Å². The lowest BCUT2D eigenvalue weighted by molar-refractivity contribution is -0.149. The average molecular weight is 370 g/mol. The molecule has 0 spiro atoms. The normalized spacial score (nSPS) is 20.6. The van der Waals surface area contributed by atoms with E-state index in [1.807, 2.05) is 0 Å². The second kappa shape index (κ2) is 6.52. The molecule has 1 aliphatic rings. The van der Waals surface area contributed by atoms with Gasteiger partial charge in [-0.3, -0.25) is 4.79 Å². The zero-order valence-corrected chi connectivity index (χ0v) is 14.3. The molecule has 2 unspecified atom stereocenters. The minimum Gasteiger partial charge on any atom is -0.480 e. The maximum absolute atomic E-state index is 13.1. The van der Waals surface area contributed by atoms with E-state index in [0.29, 0.717) is 6.07 Å². The van der Waals surface area contributed by atoms with E-state index in [1.54, 1.807) is 13.8 Å². The van der Waals surface area contributed by atoms with Crippen LogP contribution in [0.1, 0.15) is 31.9 Å². The molecule has 140 valence electrons. The number of rotatable bonds is 4. The second-order valence-corrected chi connectivity index (χ2v) is 6.78. The zero-order valence-electron chi connectivity index (χ0n) is 14.3. The van der Waals surface area contributed by atoms with Gasteiger partial charge in [0.15, 0.2) is 6.10 Å². The number of halogens is 3. The van der Waals surface area contributed by atoms with Crippen LogP contribution in [0, 0.1) is 16.7 Å². The van der Waals surface area contributed by atoms with Gasteiger partial charge in [-0.2, -0.15) is 18.4 Å². The first kappa shape index (κ1) is 19.6. The standard InChI is InChI=1S/C17H17F3N2O4/c1-9(15(24)25)22-8-16(2,3)13(14(22)23)26-11-5-4-10(7-21)12(6-11)17(18,19)20/h4-6,9,13H,8H2,1-3H3,(H,24,25). The van der Waals surface area contributed by atoms with Crippen LogP contribution in [0.3, 0.4) is 0 Å². The zero-order chi connectivity index (χ0) is 19.9. The molecule has 26 heavy (non-hydrogen) atoms.